The molecule has 0 fully saturated rings. The van der Waals surface area contributed by atoms with Crippen LogP contribution in [0.25, 0.3) is 0 Å². The summed E-state index contributed by atoms with van der Waals surface area (Å²) in [4.78, 5) is 11.2. The fourth-order valence-corrected chi connectivity index (χ4v) is 1.57. The smallest absolute Gasteiger partial charge is 0.333 e. The third kappa shape index (κ3) is 1.86. The molecular weight excluding hydrogens is 204 g/mol. The molecule has 1 aromatic carbocycles. The van der Waals surface area contributed by atoms with Gasteiger partial charge in [0.25, 0.3) is 0 Å². The van der Waals surface area contributed by atoms with E-state index in [1.165, 1.54) is 6.08 Å². The Morgan fingerprint density at radius 1 is 1.31 bits per heavy atom. The first-order chi connectivity index (χ1) is 7.49. The number of ether oxygens (including phenoxy) is 1. The van der Waals surface area contributed by atoms with Crippen molar-refractivity contribution in [3.63, 3.8) is 0 Å². The van der Waals surface area contributed by atoms with Crippen LogP contribution in [0.1, 0.15) is 13.8 Å². The van der Waals surface area contributed by atoms with Gasteiger partial charge in [0.05, 0.1) is 17.1 Å². The lowest BCUT2D eigenvalue weighted by Crippen LogP contribution is -2.27. The Balaban J connectivity index is 2.26. The van der Waals surface area contributed by atoms with Gasteiger partial charge < -0.3 is 15.8 Å². The number of benzene rings is 1. The molecule has 0 unspecified atom stereocenters. The molecule has 16 heavy (non-hydrogen) atoms. The number of esters is 1. The zero-order valence-electron chi connectivity index (χ0n) is 9.28. The van der Waals surface area contributed by atoms with Crippen molar-refractivity contribution in [2.75, 3.05) is 11.1 Å². The van der Waals surface area contributed by atoms with E-state index in [1.54, 1.807) is 6.07 Å². The Bertz CT molecular complexity index is 464. The summed E-state index contributed by atoms with van der Waals surface area (Å²) in [6, 6.07) is 7.39. The predicted octanol–water partition coefficient (Wildman–Crippen LogP) is 1.90. The van der Waals surface area contributed by atoms with Crippen LogP contribution in [0.15, 0.2) is 36.0 Å². The van der Waals surface area contributed by atoms with Gasteiger partial charge in [-0.3, -0.25) is 0 Å². The first-order valence-electron chi connectivity index (χ1n) is 5.06. The van der Waals surface area contributed by atoms with Crippen LogP contribution in [0, 0.1) is 0 Å². The van der Waals surface area contributed by atoms with Gasteiger partial charge >= 0.3 is 5.97 Å². The molecule has 2 rings (SSSR count). The van der Waals surface area contributed by atoms with Crippen molar-refractivity contribution in [3.8, 4) is 0 Å². The van der Waals surface area contributed by atoms with E-state index in [2.05, 4.69) is 5.32 Å². The highest BCUT2D eigenvalue weighted by atomic mass is 16.6. The summed E-state index contributed by atoms with van der Waals surface area (Å²) < 4.78 is 5.14. The number of carbonyl (C=O) groups is 1. The van der Waals surface area contributed by atoms with Crippen molar-refractivity contribution in [2.24, 2.45) is 0 Å². The minimum atomic E-state index is -0.626. The summed E-state index contributed by atoms with van der Waals surface area (Å²) in [5.41, 5.74) is 7.31. The lowest BCUT2D eigenvalue weighted by molar-refractivity contribution is -0.143. The molecule has 3 N–H and O–H groups in total. The van der Waals surface area contributed by atoms with Crippen molar-refractivity contribution in [1.29, 1.82) is 0 Å². The van der Waals surface area contributed by atoms with Gasteiger partial charge in [0.2, 0.25) is 0 Å². The molecule has 0 amide bonds. The Hall–Kier alpha value is -1.97. The van der Waals surface area contributed by atoms with Crippen molar-refractivity contribution >= 4 is 17.3 Å². The number of nitrogens with one attached hydrogen (secondary N) is 1. The number of rotatable bonds is 2. The van der Waals surface area contributed by atoms with E-state index in [0.29, 0.717) is 5.69 Å². The number of cyclic esters (lactones) is 1. The minimum absolute atomic E-state index is 0.331. The molecule has 4 nitrogen and oxygen atoms in total. The maximum absolute atomic E-state index is 11.2. The van der Waals surface area contributed by atoms with Crippen LogP contribution >= 0.6 is 0 Å². The Kier molecular flexibility index (Phi) is 2.34. The summed E-state index contributed by atoms with van der Waals surface area (Å²) in [5.74, 6) is -0.331. The number of nitrogens with two attached hydrogens (primary N) is 1. The van der Waals surface area contributed by atoms with E-state index in [4.69, 9.17) is 10.5 Å². The summed E-state index contributed by atoms with van der Waals surface area (Å²) in [6.07, 6.45) is 1.45. The molecule has 0 aromatic heterocycles. The normalized spacial score (nSPS) is 17.9. The molecular formula is C12H14N2O2. The summed E-state index contributed by atoms with van der Waals surface area (Å²) in [7, 11) is 0. The Morgan fingerprint density at radius 3 is 2.56 bits per heavy atom. The van der Waals surface area contributed by atoms with Crippen molar-refractivity contribution in [3.05, 3.63) is 36.0 Å². The maximum atomic E-state index is 11.2. The van der Waals surface area contributed by atoms with Crippen LogP contribution in [-0.2, 0) is 9.53 Å². The van der Waals surface area contributed by atoms with Gasteiger partial charge in [-0.15, -0.1) is 0 Å². The third-order valence-corrected chi connectivity index (χ3v) is 2.50. The van der Waals surface area contributed by atoms with Crippen LogP contribution in [0.3, 0.4) is 0 Å². The third-order valence-electron chi connectivity index (χ3n) is 2.50. The number of anilines is 2. The van der Waals surface area contributed by atoms with E-state index < -0.39 is 5.60 Å². The Labute approximate surface area is 94.1 Å². The molecule has 84 valence electrons. The number of carbonyl (C=O) groups excluding carboxylic acids is 1. The average molecular weight is 218 g/mol. The molecule has 1 aliphatic heterocycles. The molecule has 1 aliphatic rings. The van der Waals surface area contributed by atoms with Gasteiger partial charge in [-0.25, -0.2) is 4.79 Å². The van der Waals surface area contributed by atoms with E-state index >= 15 is 0 Å². The highest BCUT2D eigenvalue weighted by Crippen LogP contribution is 2.30. The van der Waals surface area contributed by atoms with E-state index in [0.717, 1.165) is 11.4 Å². The number of nitrogen functional groups attached to an aromatic ring is 1. The van der Waals surface area contributed by atoms with Gasteiger partial charge in [0.15, 0.2) is 0 Å². The molecule has 0 saturated carbocycles. The molecule has 1 aromatic rings. The molecule has 0 spiro atoms. The molecule has 1 heterocycles. The first-order valence-corrected chi connectivity index (χ1v) is 5.06. The number of para-hydroxylation sites is 2. The lowest BCUT2D eigenvalue weighted by Gasteiger charge is -2.22. The van der Waals surface area contributed by atoms with Crippen LogP contribution in [-0.4, -0.2) is 11.6 Å². The highest BCUT2D eigenvalue weighted by Gasteiger charge is 2.34. The zero-order chi connectivity index (χ0) is 11.8. The molecule has 0 radical (unpaired) electrons. The highest BCUT2D eigenvalue weighted by molar-refractivity contribution is 5.88. The predicted molar refractivity (Wildman–Crippen MR) is 62.7 cm³/mol. The SMILES string of the molecule is CC1(C)OC(=O)C=C1Nc1ccccc1N. The summed E-state index contributed by atoms with van der Waals surface area (Å²) in [6.45, 7) is 3.66. The van der Waals surface area contributed by atoms with Gasteiger partial charge in [-0.1, -0.05) is 12.1 Å². The second kappa shape index (κ2) is 3.56. The van der Waals surface area contributed by atoms with Gasteiger partial charge in [0, 0.05) is 6.08 Å². The second-order valence-electron chi connectivity index (χ2n) is 4.20. The fraction of sp³-hybridized carbons (Fsp3) is 0.250. The monoisotopic (exact) mass is 218 g/mol. The average Bonchev–Trinajstić information content (AvgIpc) is 2.43. The molecule has 0 saturated heterocycles. The maximum Gasteiger partial charge on any atom is 0.333 e. The summed E-state index contributed by atoms with van der Waals surface area (Å²) >= 11 is 0. The molecule has 0 aliphatic carbocycles. The van der Waals surface area contributed by atoms with Crippen LogP contribution < -0.4 is 11.1 Å². The molecule has 4 heteroatoms. The summed E-state index contributed by atoms with van der Waals surface area (Å²) in [5, 5.41) is 3.12. The van der Waals surface area contributed by atoms with Gasteiger partial charge in [0.1, 0.15) is 5.60 Å². The quantitative estimate of drug-likeness (QED) is 0.587. The van der Waals surface area contributed by atoms with E-state index in [-0.39, 0.29) is 5.97 Å². The van der Waals surface area contributed by atoms with Gasteiger partial charge in [-0.05, 0) is 26.0 Å². The van der Waals surface area contributed by atoms with Crippen molar-refractivity contribution in [2.45, 2.75) is 19.4 Å². The first kappa shape index (κ1) is 10.5. The Morgan fingerprint density at radius 2 is 2.00 bits per heavy atom. The largest absolute Gasteiger partial charge is 0.450 e. The van der Waals surface area contributed by atoms with Crippen LogP contribution in [0.2, 0.25) is 0 Å². The fourth-order valence-electron chi connectivity index (χ4n) is 1.57. The van der Waals surface area contributed by atoms with E-state index in [1.807, 2.05) is 32.0 Å². The number of hydrogen-bond donors (Lipinski definition) is 2. The van der Waals surface area contributed by atoms with Gasteiger partial charge in [-0.2, -0.15) is 0 Å². The van der Waals surface area contributed by atoms with Crippen LogP contribution in [0.4, 0.5) is 11.4 Å². The minimum Gasteiger partial charge on any atom is -0.450 e. The second-order valence-corrected chi connectivity index (χ2v) is 4.20. The topological polar surface area (TPSA) is 64.3 Å². The van der Waals surface area contributed by atoms with Crippen molar-refractivity contribution < 1.29 is 9.53 Å². The van der Waals surface area contributed by atoms with Crippen molar-refractivity contribution in [1.82, 2.24) is 0 Å². The number of hydrogen-bond acceptors (Lipinski definition) is 4. The molecule has 0 atom stereocenters. The standard InChI is InChI=1S/C12H14N2O2/c1-12(2)10(7-11(15)16-12)14-9-6-4-3-5-8(9)13/h3-7,14H,13H2,1-2H3. The zero-order valence-corrected chi connectivity index (χ0v) is 9.28. The van der Waals surface area contributed by atoms with Crippen LogP contribution in [0.5, 0.6) is 0 Å². The molecule has 0 bridgehead atoms. The van der Waals surface area contributed by atoms with E-state index in [9.17, 15) is 4.79 Å². The lowest BCUT2D eigenvalue weighted by atomic mass is 10.1.